The van der Waals surface area contributed by atoms with Crippen molar-refractivity contribution in [1.29, 1.82) is 0 Å². The van der Waals surface area contributed by atoms with Crippen LogP contribution in [0.3, 0.4) is 0 Å². The van der Waals surface area contributed by atoms with Gasteiger partial charge in [0.2, 0.25) is 0 Å². The number of alkyl halides is 13. The molecule has 1 aromatic heterocycles. The Hall–Kier alpha value is -1.60. The number of hydrogen-bond acceptors (Lipinski definition) is 2. The highest BCUT2D eigenvalue weighted by Gasteiger charge is 2.90. The van der Waals surface area contributed by atoms with E-state index in [1.807, 2.05) is 0 Å². The maximum atomic E-state index is 13.8. The minimum Gasteiger partial charge on any atom is -0.383 e. The van der Waals surface area contributed by atoms with Crippen LogP contribution in [0.2, 0.25) is 0 Å². The summed E-state index contributed by atoms with van der Waals surface area (Å²) in [6.07, 6.45) is 0.627. The summed E-state index contributed by atoms with van der Waals surface area (Å²) in [4.78, 5) is 2.83. The molecule has 26 heavy (non-hydrogen) atoms. The van der Waals surface area contributed by atoms with Crippen molar-refractivity contribution in [1.82, 2.24) is 4.98 Å². The predicted octanol–water partition coefficient (Wildman–Crippen LogP) is 5.13. The second-order valence-corrected chi connectivity index (χ2v) is 5.28. The van der Waals surface area contributed by atoms with Gasteiger partial charge in [-0.1, -0.05) is 0 Å². The maximum Gasteiger partial charge on any atom is 0.393 e. The largest absolute Gasteiger partial charge is 0.393 e. The van der Waals surface area contributed by atoms with E-state index in [2.05, 4.69) is 16.6 Å². The molecule has 0 saturated heterocycles. The van der Waals surface area contributed by atoms with E-state index >= 15 is 0 Å². The van der Waals surface area contributed by atoms with Gasteiger partial charge in [-0.25, -0.2) is 4.98 Å². The second kappa shape index (κ2) is 5.96. The Labute approximate surface area is 140 Å². The number of pyridine rings is 1. The SMILES string of the molecule is Nc1ncccc1C(F)(F)C(F)(F)C(F)(F)C(F)(F)C(F)(F)C(F)(F)Cl. The molecular weight excluding hydrogens is 424 g/mol. The third-order valence-electron chi connectivity index (χ3n) is 3.11. The highest BCUT2D eigenvalue weighted by atomic mass is 35.5. The van der Waals surface area contributed by atoms with Crippen LogP contribution in [-0.2, 0) is 5.92 Å². The summed E-state index contributed by atoms with van der Waals surface area (Å²) < 4.78 is 158. The fourth-order valence-electron chi connectivity index (χ4n) is 1.62. The highest BCUT2D eigenvalue weighted by molar-refractivity contribution is 6.22. The normalized spacial score (nSPS) is 15.3. The van der Waals surface area contributed by atoms with Gasteiger partial charge in [-0.2, -0.15) is 52.7 Å². The van der Waals surface area contributed by atoms with Crippen molar-refractivity contribution in [2.45, 2.75) is 35.0 Å². The Morgan fingerprint density at radius 3 is 1.54 bits per heavy atom. The monoisotopic (exact) mass is 428 g/mol. The van der Waals surface area contributed by atoms with Gasteiger partial charge in [-0.15, -0.1) is 0 Å². The number of aromatic nitrogens is 1. The Bertz CT molecular complexity index is 669. The number of nitrogen functional groups attached to an aromatic ring is 1. The first-order valence-electron chi connectivity index (χ1n) is 5.93. The van der Waals surface area contributed by atoms with Crippen LogP contribution < -0.4 is 5.73 Å². The predicted molar refractivity (Wildman–Crippen MR) is 63.1 cm³/mol. The molecule has 1 rings (SSSR count). The molecule has 1 heterocycles. The van der Waals surface area contributed by atoms with Gasteiger partial charge in [0.25, 0.3) is 0 Å². The van der Waals surface area contributed by atoms with Crippen LogP contribution in [0, 0.1) is 0 Å². The van der Waals surface area contributed by atoms with E-state index in [1.54, 1.807) is 0 Å². The zero-order valence-electron chi connectivity index (χ0n) is 11.7. The van der Waals surface area contributed by atoms with Crippen molar-refractivity contribution in [3.8, 4) is 0 Å². The van der Waals surface area contributed by atoms with Crippen LogP contribution >= 0.6 is 11.6 Å². The van der Waals surface area contributed by atoms with Gasteiger partial charge in [-0.05, 0) is 23.7 Å². The van der Waals surface area contributed by atoms with E-state index in [4.69, 9.17) is 5.73 Å². The lowest BCUT2D eigenvalue weighted by Gasteiger charge is -2.40. The molecule has 2 N–H and O–H groups in total. The maximum absolute atomic E-state index is 13.8. The van der Waals surface area contributed by atoms with Crippen molar-refractivity contribution in [3.63, 3.8) is 0 Å². The van der Waals surface area contributed by atoms with Crippen molar-refractivity contribution in [2.75, 3.05) is 5.73 Å². The molecule has 0 amide bonds. The molecule has 0 aliphatic heterocycles. The first-order valence-corrected chi connectivity index (χ1v) is 6.31. The first-order chi connectivity index (χ1) is 11.3. The molecule has 0 aliphatic carbocycles. The third-order valence-corrected chi connectivity index (χ3v) is 3.35. The van der Waals surface area contributed by atoms with E-state index in [0.717, 1.165) is 0 Å². The Kier molecular flexibility index (Phi) is 5.14. The van der Waals surface area contributed by atoms with Crippen LogP contribution in [0.25, 0.3) is 0 Å². The average Bonchev–Trinajstić information content (AvgIpc) is 2.45. The highest BCUT2D eigenvalue weighted by Crippen LogP contribution is 2.62. The number of nitrogens with zero attached hydrogens (tertiary/aromatic N) is 1. The number of halogens is 13. The van der Waals surface area contributed by atoms with Crippen LogP contribution in [0.1, 0.15) is 5.56 Å². The van der Waals surface area contributed by atoms with Crippen molar-refractivity contribution in [3.05, 3.63) is 23.9 Å². The number of rotatable bonds is 6. The van der Waals surface area contributed by atoms with E-state index in [0.29, 0.717) is 12.3 Å². The lowest BCUT2D eigenvalue weighted by atomic mass is 9.91. The van der Waals surface area contributed by atoms with Gasteiger partial charge >= 0.3 is 35.0 Å². The van der Waals surface area contributed by atoms with Crippen LogP contribution in [0.15, 0.2) is 18.3 Å². The quantitative estimate of drug-likeness (QED) is 0.504. The van der Waals surface area contributed by atoms with E-state index in [-0.39, 0.29) is 6.07 Å². The van der Waals surface area contributed by atoms with E-state index in [1.165, 1.54) is 0 Å². The lowest BCUT2D eigenvalue weighted by Crippen LogP contribution is -2.69. The van der Waals surface area contributed by atoms with Gasteiger partial charge in [0.1, 0.15) is 5.82 Å². The molecule has 0 radical (unpaired) electrons. The molecule has 0 aromatic carbocycles. The Morgan fingerprint density at radius 1 is 0.731 bits per heavy atom. The summed E-state index contributed by atoms with van der Waals surface area (Å²) >= 11 is 3.56. The van der Waals surface area contributed by atoms with Crippen LogP contribution in [-0.4, -0.2) is 34.1 Å². The fraction of sp³-hybridized carbons (Fsp3) is 0.545. The standard InChI is InChI=1S/C11H5ClF12N2/c12-11(23,24)10(21,22)9(19,20)8(17,18)7(15,16)6(13,14)4-2-1-3-26-5(4)25/h1-3H,(H2,25,26). The Morgan fingerprint density at radius 2 is 1.15 bits per heavy atom. The zero-order chi connectivity index (χ0) is 21.0. The number of anilines is 1. The summed E-state index contributed by atoms with van der Waals surface area (Å²) in [7, 11) is 0. The van der Waals surface area contributed by atoms with Gasteiger partial charge in [0.15, 0.2) is 0 Å². The summed E-state index contributed by atoms with van der Waals surface area (Å²) in [5.74, 6) is -37.9. The fourth-order valence-corrected chi connectivity index (χ4v) is 1.74. The van der Waals surface area contributed by atoms with Gasteiger partial charge in [-0.3, -0.25) is 0 Å². The molecule has 1 aromatic rings. The molecule has 0 bridgehead atoms. The zero-order valence-corrected chi connectivity index (χ0v) is 12.4. The molecule has 0 spiro atoms. The summed E-state index contributed by atoms with van der Waals surface area (Å²) in [6.45, 7) is 0. The molecule has 0 unspecified atom stereocenters. The van der Waals surface area contributed by atoms with E-state index in [9.17, 15) is 52.7 Å². The smallest absolute Gasteiger partial charge is 0.383 e. The molecule has 2 nitrogen and oxygen atoms in total. The Balaban J connectivity index is 3.61. The van der Waals surface area contributed by atoms with Gasteiger partial charge in [0.05, 0.1) is 5.56 Å². The van der Waals surface area contributed by atoms with Crippen LogP contribution in [0.4, 0.5) is 58.5 Å². The minimum atomic E-state index is -7.70. The van der Waals surface area contributed by atoms with Gasteiger partial charge in [0, 0.05) is 6.20 Å². The number of nitrogens with two attached hydrogens (primary N) is 1. The minimum absolute atomic E-state index is 0.0290. The van der Waals surface area contributed by atoms with E-state index < -0.39 is 46.4 Å². The number of hydrogen-bond donors (Lipinski definition) is 1. The molecule has 0 aliphatic rings. The average molecular weight is 429 g/mol. The molecular formula is C11H5ClF12N2. The van der Waals surface area contributed by atoms with Crippen LogP contribution in [0.5, 0.6) is 0 Å². The van der Waals surface area contributed by atoms with Crippen molar-refractivity contribution < 1.29 is 52.7 Å². The summed E-state index contributed by atoms with van der Waals surface area (Å²) in [6, 6.07) is 0.437. The third kappa shape index (κ3) is 2.81. The topological polar surface area (TPSA) is 38.9 Å². The summed E-state index contributed by atoms with van der Waals surface area (Å²) in [5, 5.41) is -6.47. The lowest BCUT2D eigenvalue weighted by molar-refractivity contribution is -0.419. The first kappa shape index (κ1) is 22.4. The second-order valence-electron chi connectivity index (χ2n) is 4.81. The molecule has 15 heteroatoms. The summed E-state index contributed by atoms with van der Waals surface area (Å²) in [5.41, 5.74) is 2.54. The van der Waals surface area contributed by atoms with Crippen molar-refractivity contribution >= 4 is 17.4 Å². The molecule has 150 valence electrons. The molecule has 0 atom stereocenters. The van der Waals surface area contributed by atoms with Crippen molar-refractivity contribution in [2.24, 2.45) is 0 Å². The van der Waals surface area contributed by atoms with Gasteiger partial charge < -0.3 is 5.73 Å². The molecule has 0 saturated carbocycles. The molecule has 0 fully saturated rings.